The van der Waals surface area contributed by atoms with Gasteiger partial charge in [-0.1, -0.05) is 0 Å². The summed E-state index contributed by atoms with van der Waals surface area (Å²) >= 11 is 0. The van der Waals surface area contributed by atoms with E-state index in [1.807, 2.05) is 0 Å². The first-order valence-electron chi connectivity index (χ1n) is 5.62. The van der Waals surface area contributed by atoms with E-state index in [1.165, 1.54) is 0 Å². The number of aliphatic hydroxyl groups is 4. The van der Waals surface area contributed by atoms with Crippen LogP contribution in [0.4, 0.5) is 0 Å². The Hall–Kier alpha value is -0.240. The molecule has 5 atom stereocenters. The van der Waals surface area contributed by atoms with Crippen LogP contribution in [0.5, 0.6) is 0 Å². The van der Waals surface area contributed by atoms with Crippen LogP contribution < -0.4 is 5.73 Å². The Balaban J connectivity index is 2.50. The Morgan fingerprint density at radius 1 is 0.938 bits per heavy atom. The second-order valence-electron chi connectivity index (χ2n) is 4.15. The zero-order chi connectivity index (χ0) is 12.1. The third kappa shape index (κ3) is 3.13. The van der Waals surface area contributed by atoms with Crippen LogP contribution in [0.15, 0.2) is 0 Å². The lowest BCUT2D eigenvalue weighted by atomic mass is 9.92. The Morgan fingerprint density at radius 2 is 1.56 bits per heavy atom. The highest BCUT2D eigenvalue weighted by Crippen LogP contribution is 2.24. The summed E-state index contributed by atoms with van der Waals surface area (Å²) in [6.45, 7) is 0.190. The maximum Gasteiger partial charge on any atom is 0.111 e. The standard InChI is InChI=1S/C10H21NO5/c11-4-2-1-3-6-8(13)10(15)9(14)7(5-12)16-6/h6-10,12-15H,1-5,11H2/t6-,7-,8+,9-,10-/m1/s1. The van der Waals surface area contributed by atoms with Crippen LogP contribution in [-0.2, 0) is 4.74 Å². The highest BCUT2D eigenvalue weighted by molar-refractivity contribution is 4.91. The maximum atomic E-state index is 9.67. The molecule has 6 N–H and O–H groups in total. The summed E-state index contributed by atoms with van der Waals surface area (Å²) in [5, 5.41) is 37.7. The van der Waals surface area contributed by atoms with Crippen molar-refractivity contribution >= 4 is 0 Å². The van der Waals surface area contributed by atoms with E-state index in [2.05, 4.69) is 0 Å². The van der Waals surface area contributed by atoms with Crippen LogP contribution in [0, 0.1) is 0 Å². The third-order valence-corrected chi connectivity index (χ3v) is 2.93. The summed E-state index contributed by atoms with van der Waals surface area (Å²) in [5.74, 6) is 0. The van der Waals surface area contributed by atoms with Crippen molar-refractivity contribution in [2.45, 2.75) is 49.8 Å². The fraction of sp³-hybridized carbons (Fsp3) is 1.00. The maximum absolute atomic E-state index is 9.67. The zero-order valence-electron chi connectivity index (χ0n) is 9.20. The van der Waals surface area contributed by atoms with Crippen LogP contribution in [-0.4, -0.2) is 64.1 Å². The van der Waals surface area contributed by atoms with Gasteiger partial charge in [-0.15, -0.1) is 0 Å². The summed E-state index contributed by atoms with van der Waals surface area (Å²) in [7, 11) is 0. The van der Waals surface area contributed by atoms with Gasteiger partial charge in [0.1, 0.15) is 24.4 Å². The monoisotopic (exact) mass is 235 g/mol. The van der Waals surface area contributed by atoms with E-state index in [0.29, 0.717) is 13.0 Å². The molecule has 0 spiro atoms. The molecule has 6 heteroatoms. The molecule has 0 aromatic rings. The fourth-order valence-electron chi connectivity index (χ4n) is 1.91. The van der Waals surface area contributed by atoms with E-state index in [0.717, 1.165) is 12.8 Å². The molecule has 1 aliphatic rings. The van der Waals surface area contributed by atoms with Crippen LogP contribution in [0.25, 0.3) is 0 Å². The third-order valence-electron chi connectivity index (χ3n) is 2.93. The van der Waals surface area contributed by atoms with Crippen molar-refractivity contribution in [1.82, 2.24) is 0 Å². The smallest absolute Gasteiger partial charge is 0.111 e. The molecule has 0 radical (unpaired) electrons. The Labute approximate surface area is 94.6 Å². The molecule has 0 aromatic carbocycles. The SMILES string of the molecule is NCCCC[C@H]1O[C@H](CO)[C@@H](O)[C@H](O)[C@H]1O. The predicted molar refractivity (Wildman–Crippen MR) is 56.7 cm³/mol. The van der Waals surface area contributed by atoms with Gasteiger partial charge in [-0.2, -0.15) is 0 Å². The van der Waals surface area contributed by atoms with E-state index in [4.69, 9.17) is 15.6 Å². The van der Waals surface area contributed by atoms with Gasteiger partial charge in [0.25, 0.3) is 0 Å². The second-order valence-corrected chi connectivity index (χ2v) is 4.15. The molecule has 96 valence electrons. The van der Waals surface area contributed by atoms with Crippen LogP contribution >= 0.6 is 0 Å². The highest BCUT2D eigenvalue weighted by Gasteiger charge is 2.42. The molecule has 1 aliphatic heterocycles. The average molecular weight is 235 g/mol. The molecule has 0 saturated carbocycles. The van der Waals surface area contributed by atoms with E-state index < -0.39 is 30.5 Å². The lowest BCUT2D eigenvalue weighted by Crippen LogP contribution is -2.58. The summed E-state index contributed by atoms with van der Waals surface area (Å²) < 4.78 is 5.33. The highest BCUT2D eigenvalue weighted by atomic mass is 16.5. The Bertz CT molecular complexity index is 202. The molecule has 16 heavy (non-hydrogen) atoms. The Kier molecular flexibility index (Phi) is 5.60. The molecule has 0 bridgehead atoms. The number of aliphatic hydroxyl groups excluding tert-OH is 4. The number of hydrogen-bond donors (Lipinski definition) is 5. The number of ether oxygens (including phenoxy) is 1. The van der Waals surface area contributed by atoms with Crippen molar-refractivity contribution in [2.24, 2.45) is 5.73 Å². The topological polar surface area (TPSA) is 116 Å². The molecule has 1 rings (SSSR count). The first-order chi connectivity index (χ1) is 7.61. The largest absolute Gasteiger partial charge is 0.394 e. The lowest BCUT2D eigenvalue weighted by molar-refractivity contribution is -0.230. The fourth-order valence-corrected chi connectivity index (χ4v) is 1.91. The van der Waals surface area contributed by atoms with Gasteiger partial charge in [-0.3, -0.25) is 0 Å². The molecule has 1 saturated heterocycles. The van der Waals surface area contributed by atoms with Crippen LogP contribution in [0.1, 0.15) is 19.3 Å². The molecule has 6 nitrogen and oxygen atoms in total. The zero-order valence-corrected chi connectivity index (χ0v) is 9.20. The van der Waals surface area contributed by atoms with Gasteiger partial charge in [-0.05, 0) is 25.8 Å². The minimum atomic E-state index is -1.27. The van der Waals surface area contributed by atoms with E-state index in [1.54, 1.807) is 0 Å². The van der Waals surface area contributed by atoms with Gasteiger partial charge < -0.3 is 30.9 Å². The first kappa shape index (κ1) is 13.8. The van der Waals surface area contributed by atoms with Crippen molar-refractivity contribution in [1.29, 1.82) is 0 Å². The molecule has 0 aromatic heterocycles. The first-order valence-corrected chi connectivity index (χ1v) is 5.62. The Morgan fingerprint density at radius 3 is 2.12 bits per heavy atom. The van der Waals surface area contributed by atoms with Crippen LogP contribution in [0.2, 0.25) is 0 Å². The van der Waals surface area contributed by atoms with Gasteiger partial charge in [0.2, 0.25) is 0 Å². The summed E-state index contributed by atoms with van der Waals surface area (Å²) in [6, 6.07) is 0. The van der Waals surface area contributed by atoms with Crippen molar-refractivity contribution < 1.29 is 25.2 Å². The lowest BCUT2D eigenvalue weighted by Gasteiger charge is -2.40. The minimum Gasteiger partial charge on any atom is -0.394 e. The minimum absolute atomic E-state index is 0.377. The van der Waals surface area contributed by atoms with Crippen molar-refractivity contribution in [3.8, 4) is 0 Å². The predicted octanol–water partition coefficient (Wildman–Crippen LogP) is -2.04. The quantitative estimate of drug-likeness (QED) is 0.350. The number of unbranched alkanes of at least 4 members (excludes halogenated alkanes) is 1. The number of hydrogen-bond acceptors (Lipinski definition) is 6. The van der Waals surface area contributed by atoms with E-state index >= 15 is 0 Å². The molecular formula is C10H21NO5. The average Bonchev–Trinajstić information content (AvgIpc) is 2.29. The normalized spacial score (nSPS) is 39.9. The molecular weight excluding hydrogens is 214 g/mol. The van der Waals surface area contributed by atoms with Gasteiger partial charge in [0.15, 0.2) is 0 Å². The van der Waals surface area contributed by atoms with Gasteiger partial charge in [0.05, 0.1) is 12.7 Å². The molecule has 1 fully saturated rings. The van der Waals surface area contributed by atoms with Crippen LogP contribution in [0.3, 0.4) is 0 Å². The molecule has 1 heterocycles. The summed E-state index contributed by atoms with van der Waals surface area (Å²) in [5.41, 5.74) is 5.35. The number of nitrogens with two attached hydrogens (primary N) is 1. The molecule has 0 aliphatic carbocycles. The van der Waals surface area contributed by atoms with Crippen molar-refractivity contribution in [3.05, 3.63) is 0 Å². The van der Waals surface area contributed by atoms with Gasteiger partial charge in [0, 0.05) is 0 Å². The van der Waals surface area contributed by atoms with Gasteiger partial charge in [-0.25, -0.2) is 0 Å². The van der Waals surface area contributed by atoms with E-state index in [-0.39, 0.29) is 6.61 Å². The number of rotatable bonds is 5. The van der Waals surface area contributed by atoms with Crippen molar-refractivity contribution in [2.75, 3.05) is 13.2 Å². The van der Waals surface area contributed by atoms with Gasteiger partial charge >= 0.3 is 0 Å². The molecule has 0 amide bonds. The summed E-state index contributed by atoms with van der Waals surface area (Å²) in [4.78, 5) is 0. The summed E-state index contributed by atoms with van der Waals surface area (Å²) in [6.07, 6.45) is -2.87. The molecule has 0 unspecified atom stereocenters. The van der Waals surface area contributed by atoms with Crippen molar-refractivity contribution in [3.63, 3.8) is 0 Å². The second kappa shape index (κ2) is 6.48. The van der Waals surface area contributed by atoms with E-state index in [9.17, 15) is 15.3 Å².